The first-order valence-electron chi connectivity index (χ1n) is 20.0. The molecule has 0 unspecified atom stereocenters. The second-order valence-electron chi connectivity index (χ2n) is 14.3. The van der Waals surface area contributed by atoms with Crippen LogP contribution in [0.5, 0.6) is 0 Å². The summed E-state index contributed by atoms with van der Waals surface area (Å²) < 4.78 is 0. The van der Waals surface area contributed by atoms with Crippen LogP contribution in [0.1, 0.15) is 235 Å². The number of hydrogen-bond donors (Lipinski definition) is 0. The molecule has 0 amide bonds. The minimum absolute atomic E-state index is 0.681. The summed E-state index contributed by atoms with van der Waals surface area (Å²) in [5.41, 5.74) is 4.72. The Labute approximate surface area is 282 Å². The van der Waals surface area contributed by atoms with Crippen LogP contribution in [-0.2, 0) is 0 Å². The van der Waals surface area contributed by atoms with E-state index in [0.29, 0.717) is 24.7 Å². The fourth-order valence-corrected chi connectivity index (χ4v) is 7.29. The minimum atomic E-state index is 0.681. The van der Waals surface area contributed by atoms with E-state index in [2.05, 4.69) is 51.1 Å². The molecule has 0 aliphatic rings. The Bertz CT molecular complexity index is 875. The molecule has 2 heteroatoms. The molecule has 1 rings (SSSR count). The van der Waals surface area contributed by atoms with Crippen molar-refractivity contribution in [3.8, 4) is 12.1 Å². The molecule has 1 aromatic rings. The maximum Gasteiger partial charge on any atom is 0.0621 e. The largest absolute Gasteiger partial charge is 0.198 e. The Kier molecular flexibility index (Phi) is 28.2. The Balaban J connectivity index is 2.81. The van der Waals surface area contributed by atoms with Gasteiger partial charge in [-0.1, -0.05) is 173 Å². The number of aryl methyl sites for hydroxylation is 1. The SMILES string of the molecule is CCCCCCCCCC[C@H](CCCCCCC#N)c1ccc([C@@H](CCCCCCC#N)CCCCCCCCCC)c(C)c1. The number of benzene rings is 1. The smallest absolute Gasteiger partial charge is 0.0621 e. The summed E-state index contributed by atoms with van der Waals surface area (Å²) in [5, 5.41) is 17.8. The van der Waals surface area contributed by atoms with Gasteiger partial charge in [0.1, 0.15) is 0 Å². The highest BCUT2D eigenvalue weighted by Gasteiger charge is 2.17. The molecule has 45 heavy (non-hydrogen) atoms. The third-order valence-electron chi connectivity index (χ3n) is 10.2. The molecule has 0 spiro atoms. The molecule has 0 heterocycles. The van der Waals surface area contributed by atoms with Gasteiger partial charge < -0.3 is 0 Å². The van der Waals surface area contributed by atoms with E-state index in [-0.39, 0.29) is 0 Å². The van der Waals surface area contributed by atoms with Gasteiger partial charge in [-0.05, 0) is 74.0 Å². The van der Waals surface area contributed by atoms with Crippen LogP contribution in [0.4, 0.5) is 0 Å². The Morgan fingerprint density at radius 2 is 0.822 bits per heavy atom. The van der Waals surface area contributed by atoms with Gasteiger partial charge in [-0.2, -0.15) is 10.5 Å². The molecular weight excluding hydrogens is 544 g/mol. The summed E-state index contributed by atoms with van der Waals surface area (Å²) in [6, 6.07) is 12.2. The number of rotatable bonds is 32. The molecule has 0 aliphatic carbocycles. The van der Waals surface area contributed by atoms with E-state index in [9.17, 15) is 0 Å². The van der Waals surface area contributed by atoms with Gasteiger partial charge in [-0.25, -0.2) is 0 Å². The molecule has 0 aromatic heterocycles. The van der Waals surface area contributed by atoms with Gasteiger partial charge in [0.15, 0.2) is 0 Å². The van der Waals surface area contributed by atoms with Crippen LogP contribution >= 0.6 is 0 Å². The van der Waals surface area contributed by atoms with Crippen LogP contribution in [0.15, 0.2) is 18.2 Å². The standard InChI is InChI=1S/C43H74N2/c1-4-6-8-10-12-14-18-24-30-40(31-25-20-16-22-28-36-44)42-34-35-43(39(3)38-42)41(33-27-21-17-23-29-37-45)32-26-19-15-13-11-9-7-5-2/h34-35,38,40-41H,4-33H2,1-3H3/t40-,41-/m1/s1. The summed E-state index contributed by atoms with van der Waals surface area (Å²) in [7, 11) is 0. The van der Waals surface area contributed by atoms with Gasteiger partial charge in [0.2, 0.25) is 0 Å². The first-order valence-corrected chi connectivity index (χ1v) is 20.0. The third-order valence-corrected chi connectivity index (χ3v) is 10.2. The average molecular weight is 619 g/mol. The summed E-state index contributed by atoms with van der Waals surface area (Å²) in [6.07, 6.45) is 38.6. The zero-order valence-electron chi connectivity index (χ0n) is 30.5. The molecule has 2 atom stereocenters. The number of nitrogens with zero attached hydrogens (tertiary/aromatic N) is 2. The second kappa shape index (κ2) is 30.8. The predicted molar refractivity (Wildman–Crippen MR) is 198 cm³/mol. The van der Waals surface area contributed by atoms with Gasteiger partial charge in [0.25, 0.3) is 0 Å². The van der Waals surface area contributed by atoms with Gasteiger partial charge in [0.05, 0.1) is 12.1 Å². The Morgan fingerprint density at radius 1 is 0.467 bits per heavy atom. The topological polar surface area (TPSA) is 47.6 Å². The summed E-state index contributed by atoms with van der Waals surface area (Å²) in [6.45, 7) is 6.99. The quantitative estimate of drug-likeness (QED) is 0.0754. The second-order valence-corrected chi connectivity index (χ2v) is 14.3. The van der Waals surface area contributed by atoms with Crippen LogP contribution in [-0.4, -0.2) is 0 Å². The molecule has 256 valence electrons. The van der Waals surface area contributed by atoms with Crippen LogP contribution in [0, 0.1) is 29.6 Å². The van der Waals surface area contributed by atoms with Crippen molar-refractivity contribution in [1.82, 2.24) is 0 Å². The average Bonchev–Trinajstić information content (AvgIpc) is 3.05. The van der Waals surface area contributed by atoms with Gasteiger partial charge in [0, 0.05) is 12.8 Å². The maximum atomic E-state index is 8.89. The Morgan fingerprint density at radius 3 is 1.20 bits per heavy atom. The normalized spacial score (nSPS) is 12.6. The molecular formula is C43H74N2. The first kappa shape index (κ1) is 41.2. The van der Waals surface area contributed by atoms with Gasteiger partial charge in [-0.3, -0.25) is 0 Å². The van der Waals surface area contributed by atoms with Crippen LogP contribution < -0.4 is 0 Å². The lowest BCUT2D eigenvalue weighted by atomic mass is 9.82. The zero-order valence-corrected chi connectivity index (χ0v) is 30.5. The van der Waals surface area contributed by atoms with Crippen molar-refractivity contribution >= 4 is 0 Å². The van der Waals surface area contributed by atoms with Crippen molar-refractivity contribution in [3.63, 3.8) is 0 Å². The highest BCUT2D eigenvalue weighted by Crippen LogP contribution is 2.35. The molecule has 0 N–H and O–H groups in total. The van der Waals surface area contributed by atoms with Crippen molar-refractivity contribution in [2.24, 2.45) is 0 Å². The molecule has 1 aromatic carbocycles. The van der Waals surface area contributed by atoms with E-state index >= 15 is 0 Å². The summed E-state index contributed by atoms with van der Waals surface area (Å²) in [4.78, 5) is 0. The van der Waals surface area contributed by atoms with E-state index in [1.54, 1.807) is 11.1 Å². The van der Waals surface area contributed by atoms with E-state index in [0.717, 1.165) is 12.8 Å². The third kappa shape index (κ3) is 22.4. The highest BCUT2D eigenvalue weighted by atomic mass is 14.2. The monoisotopic (exact) mass is 619 g/mol. The van der Waals surface area contributed by atoms with Crippen molar-refractivity contribution in [1.29, 1.82) is 10.5 Å². The van der Waals surface area contributed by atoms with Crippen molar-refractivity contribution < 1.29 is 0 Å². The molecule has 0 radical (unpaired) electrons. The maximum absolute atomic E-state index is 8.89. The van der Waals surface area contributed by atoms with Gasteiger partial charge >= 0.3 is 0 Å². The molecule has 0 fully saturated rings. The van der Waals surface area contributed by atoms with E-state index in [1.165, 1.54) is 173 Å². The number of unbranched alkanes of at least 4 members (excludes halogenated alkanes) is 22. The molecule has 0 saturated carbocycles. The molecule has 0 aliphatic heterocycles. The predicted octanol–water partition coefficient (Wildman–Crippen LogP) is 15.0. The zero-order chi connectivity index (χ0) is 32.6. The van der Waals surface area contributed by atoms with Crippen molar-refractivity contribution in [2.75, 3.05) is 0 Å². The minimum Gasteiger partial charge on any atom is -0.198 e. The first-order chi connectivity index (χ1) is 22.2. The fraction of sp³-hybridized carbons (Fsp3) is 0.814. The van der Waals surface area contributed by atoms with Crippen LogP contribution in [0.2, 0.25) is 0 Å². The van der Waals surface area contributed by atoms with E-state index < -0.39 is 0 Å². The van der Waals surface area contributed by atoms with Crippen LogP contribution in [0.3, 0.4) is 0 Å². The summed E-state index contributed by atoms with van der Waals surface area (Å²) in [5.74, 6) is 1.36. The number of hydrogen-bond acceptors (Lipinski definition) is 2. The van der Waals surface area contributed by atoms with E-state index in [1.807, 2.05) is 0 Å². The summed E-state index contributed by atoms with van der Waals surface area (Å²) >= 11 is 0. The molecule has 2 nitrogen and oxygen atoms in total. The van der Waals surface area contributed by atoms with E-state index in [4.69, 9.17) is 10.5 Å². The lowest BCUT2D eigenvalue weighted by Crippen LogP contribution is -2.05. The molecule has 0 saturated heterocycles. The lowest BCUT2D eigenvalue weighted by Gasteiger charge is -2.23. The highest BCUT2D eigenvalue weighted by molar-refractivity contribution is 5.35. The van der Waals surface area contributed by atoms with Gasteiger partial charge in [-0.15, -0.1) is 0 Å². The lowest BCUT2D eigenvalue weighted by molar-refractivity contribution is 0.482. The Hall–Kier alpha value is -1.80. The number of nitriles is 2. The van der Waals surface area contributed by atoms with Crippen LogP contribution in [0.25, 0.3) is 0 Å². The fourth-order valence-electron chi connectivity index (χ4n) is 7.29. The molecule has 0 bridgehead atoms. The van der Waals surface area contributed by atoms with Crippen molar-refractivity contribution in [3.05, 3.63) is 34.9 Å². The van der Waals surface area contributed by atoms with Crippen molar-refractivity contribution in [2.45, 2.75) is 225 Å².